The van der Waals surface area contributed by atoms with E-state index in [1.165, 1.54) is 5.56 Å². The lowest BCUT2D eigenvalue weighted by Gasteiger charge is -2.32. The molecule has 1 amide bonds. The summed E-state index contributed by atoms with van der Waals surface area (Å²) in [6, 6.07) is 16.0. The highest BCUT2D eigenvalue weighted by molar-refractivity contribution is 6.30. The van der Waals surface area contributed by atoms with Gasteiger partial charge in [0.1, 0.15) is 10.9 Å². The molecule has 0 bridgehead atoms. The van der Waals surface area contributed by atoms with Crippen LogP contribution >= 0.6 is 11.6 Å². The number of benzene rings is 2. The van der Waals surface area contributed by atoms with Gasteiger partial charge in [0.15, 0.2) is 0 Å². The second-order valence-electron chi connectivity index (χ2n) is 7.81. The SMILES string of the molecule is COc1ccc2nc(Cl)c(CN(Cc3cccc(C)c3)C(=O)C3CCC3)cc2c1. The fraction of sp³-hybridized carbons (Fsp3) is 0.333. The van der Waals surface area contributed by atoms with Crippen LogP contribution in [0.1, 0.15) is 36.0 Å². The molecule has 0 radical (unpaired) electrons. The van der Waals surface area contributed by atoms with Crippen LogP contribution in [0.15, 0.2) is 48.5 Å². The number of amides is 1. The molecular formula is C24H25ClN2O2. The molecule has 1 aliphatic carbocycles. The molecule has 0 saturated heterocycles. The Morgan fingerprint density at radius 3 is 2.69 bits per heavy atom. The maximum absolute atomic E-state index is 13.1. The molecule has 5 heteroatoms. The lowest BCUT2D eigenvalue weighted by molar-refractivity contribution is -0.139. The van der Waals surface area contributed by atoms with Gasteiger partial charge in [-0.1, -0.05) is 47.9 Å². The van der Waals surface area contributed by atoms with E-state index < -0.39 is 0 Å². The average Bonchev–Trinajstić information content (AvgIpc) is 2.66. The van der Waals surface area contributed by atoms with Crippen molar-refractivity contribution in [3.63, 3.8) is 0 Å². The number of fused-ring (bicyclic) bond motifs is 1. The average molecular weight is 409 g/mol. The van der Waals surface area contributed by atoms with Crippen LogP contribution in [0, 0.1) is 12.8 Å². The number of aromatic nitrogens is 1. The van der Waals surface area contributed by atoms with Crippen molar-refractivity contribution in [2.24, 2.45) is 5.92 Å². The van der Waals surface area contributed by atoms with Crippen molar-refractivity contribution >= 4 is 28.4 Å². The van der Waals surface area contributed by atoms with Gasteiger partial charge < -0.3 is 9.64 Å². The number of ether oxygens (including phenoxy) is 1. The van der Waals surface area contributed by atoms with E-state index in [0.29, 0.717) is 18.2 Å². The quantitative estimate of drug-likeness (QED) is 0.503. The number of methoxy groups -OCH3 is 1. The molecule has 3 aromatic rings. The van der Waals surface area contributed by atoms with Gasteiger partial charge in [-0.3, -0.25) is 4.79 Å². The van der Waals surface area contributed by atoms with E-state index in [1.54, 1.807) is 7.11 Å². The Labute approximate surface area is 176 Å². The Morgan fingerprint density at radius 2 is 2.00 bits per heavy atom. The van der Waals surface area contributed by atoms with Crippen LogP contribution in [-0.4, -0.2) is 22.9 Å². The van der Waals surface area contributed by atoms with Crippen molar-refractivity contribution in [1.29, 1.82) is 0 Å². The van der Waals surface area contributed by atoms with Crippen LogP contribution < -0.4 is 4.74 Å². The van der Waals surface area contributed by atoms with E-state index in [4.69, 9.17) is 16.3 Å². The van der Waals surface area contributed by atoms with E-state index in [-0.39, 0.29) is 11.8 Å². The summed E-state index contributed by atoms with van der Waals surface area (Å²) in [6.45, 7) is 3.09. The zero-order valence-electron chi connectivity index (χ0n) is 16.8. The number of halogens is 1. The Kier molecular flexibility index (Phi) is 5.72. The molecule has 29 heavy (non-hydrogen) atoms. The van der Waals surface area contributed by atoms with Gasteiger partial charge in [-0.15, -0.1) is 0 Å². The number of aryl methyl sites for hydroxylation is 1. The van der Waals surface area contributed by atoms with Gasteiger partial charge in [-0.25, -0.2) is 4.98 Å². The summed E-state index contributed by atoms with van der Waals surface area (Å²) in [5, 5.41) is 1.40. The number of carbonyl (C=O) groups excluding carboxylic acids is 1. The van der Waals surface area contributed by atoms with E-state index >= 15 is 0 Å². The highest BCUT2D eigenvalue weighted by atomic mass is 35.5. The summed E-state index contributed by atoms with van der Waals surface area (Å²) < 4.78 is 5.33. The predicted octanol–water partition coefficient (Wildman–Crippen LogP) is 5.53. The van der Waals surface area contributed by atoms with Crippen molar-refractivity contribution in [2.45, 2.75) is 39.3 Å². The molecule has 0 spiro atoms. The second kappa shape index (κ2) is 8.42. The topological polar surface area (TPSA) is 42.4 Å². The first-order chi connectivity index (χ1) is 14.0. The summed E-state index contributed by atoms with van der Waals surface area (Å²) in [7, 11) is 1.65. The maximum atomic E-state index is 13.1. The standard InChI is InChI=1S/C24H25ClN2O2/c1-16-5-3-6-17(11-16)14-27(24(28)18-7-4-8-18)15-20-12-19-13-21(29-2)9-10-22(19)26-23(20)25/h3,5-6,9-13,18H,4,7-8,14-15H2,1-2H3. The van der Waals surface area contributed by atoms with Gasteiger partial charge in [0, 0.05) is 30.0 Å². The van der Waals surface area contributed by atoms with Crippen LogP contribution in [0.25, 0.3) is 10.9 Å². The van der Waals surface area contributed by atoms with Gasteiger partial charge in [0.05, 0.1) is 12.6 Å². The summed E-state index contributed by atoms with van der Waals surface area (Å²) in [5.74, 6) is 1.11. The first kappa shape index (κ1) is 19.7. The molecule has 1 heterocycles. The summed E-state index contributed by atoms with van der Waals surface area (Å²) in [6.07, 6.45) is 3.08. The Morgan fingerprint density at radius 1 is 1.17 bits per heavy atom. The van der Waals surface area contributed by atoms with Gasteiger partial charge in [0.25, 0.3) is 0 Å². The van der Waals surface area contributed by atoms with Crippen LogP contribution in [0.3, 0.4) is 0 Å². The number of nitrogens with zero attached hydrogens (tertiary/aromatic N) is 2. The third-order valence-corrected chi connectivity index (χ3v) is 5.96. The highest BCUT2D eigenvalue weighted by Crippen LogP contribution is 2.31. The molecule has 0 unspecified atom stereocenters. The first-order valence-corrected chi connectivity index (χ1v) is 10.4. The molecule has 0 atom stereocenters. The summed E-state index contributed by atoms with van der Waals surface area (Å²) in [4.78, 5) is 19.6. The second-order valence-corrected chi connectivity index (χ2v) is 8.17. The molecule has 1 saturated carbocycles. The van der Waals surface area contributed by atoms with Crippen LogP contribution in [0.5, 0.6) is 5.75 Å². The zero-order chi connectivity index (χ0) is 20.4. The molecule has 150 valence electrons. The fourth-order valence-electron chi connectivity index (χ4n) is 3.77. The molecule has 0 N–H and O–H groups in total. The zero-order valence-corrected chi connectivity index (χ0v) is 17.6. The molecule has 0 aliphatic heterocycles. The number of pyridine rings is 1. The third kappa shape index (κ3) is 4.38. The lowest BCUT2D eigenvalue weighted by Crippen LogP contribution is -2.38. The third-order valence-electron chi connectivity index (χ3n) is 5.63. The van der Waals surface area contributed by atoms with E-state index in [2.05, 4.69) is 30.1 Å². The van der Waals surface area contributed by atoms with E-state index in [1.807, 2.05) is 35.2 Å². The molecule has 1 fully saturated rings. The highest BCUT2D eigenvalue weighted by Gasteiger charge is 2.30. The molecular weight excluding hydrogens is 384 g/mol. The van der Waals surface area contributed by atoms with Crippen molar-refractivity contribution < 1.29 is 9.53 Å². The smallest absolute Gasteiger partial charge is 0.226 e. The number of carbonyl (C=O) groups is 1. The normalized spacial score (nSPS) is 13.9. The Balaban J connectivity index is 1.65. The first-order valence-electron chi connectivity index (χ1n) is 10.0. The Bertz CT molecular complexity index is 1050. The van der Waals surface area contributed by atoms with Gasteiger partial charge in [0.2, 0.25) is 5.91 Å². The Hall–Kier alpha value is -2.59. The van der Waals surface area contributed by atoms with Crippen molar-refractivity contribution in [3.8, 4) is 5.75 Å². The minimum Gasteiger partial charge on any atom is -0.497 e. The van der Waals surface area contributed by atoms with Crippen LogP contribution in [0.2, 0.25) is 5.15 Å². The summed E-state index contributed by atoms with van der Waals surface area (Å²) in [5.41, 5.74) is 3.99. The largest absolute Gasteiger partial charge is 0.497 e. The van der Waals surface area contributed by atoms with Crippen molar-refractivity contribution in [3.05, 3.63) is 70.4 Å². The van der Waals surface area contributed by atoms with Crippen LogP contribution in [0.4, 0.5) is 0 Å². The monoisotopic (exact) mass is 408 g/mol. The van der Waals surface area contributed by atoms with Gasteiger partial charge in [-0.05, 0) is 49.6 Å². The molecule has 4 nitrogen and oxygen atoms in total. The molecule has 2 aromatic carbocycles. The fourth-order valence-corrected chi connectivity index (χ4v) is 3.98. The van der Waals surface area contributed by atoms with Crippen LogP contribution in [-0.2, 0) is 17.9 Å². The minimum absolute atomic E-state index is 0.132. The van der Waals surface area contributed by atoms with Gasteiger partial charge >= 0.3 is 0 Å². The minimum atomic E-state index is 0.132. The predicted molar refractivity (Wildman–Crippen MR) is 116 cm³/mol. The molecule has 1 aliphatic rings. The lowest BCUT2D eigenvalue weighted by atomic mass is 9.84. The maximum Gasteiger partial charge on any atom is 0.226 e. The number of hydrogen-bond acceptors (Lipinski definition) is 3. The number of rotatable bonds is 6. The van der Waals surface area contributed by atoms with E-state index in [0.717, 1.165) is 47.0 Å². The summed E-state index contributed by atoms with van der Waals surface area (Å²) >= 11 is 6.50. The van der Waals surface area contributed by atoms with Crippen molar-refractivity contribution in [2.75, 3.05) is 7.11 Å². The number of hydrogen-bond donors (Lipinski definition) is 0. The van der Waals surface area contributed by atoms with Gasteiger partial charge in [-0.2, -0.15) is 0 Å². The molecule has 1 aromatic heterocycles. The molecule has 4 rings (SSSR count). The van der Waals surface area contributed by atoms with Crippen molar-refractivity contribution in [1.82, 2.24) is 9.88 Å². The van der Waals surface area contributed by atoms with E-state index in [9.17, 15) is 4.79 Å².